The van der Waals surface area contributed by atoms with Crippen molar-refractivity contribution < 1.29 is 8.78 Å². The molecule has 0 saturated heterocycles. The fourth-order valence-corrected chi connectivity index (χ4v) is 2.48. The maximum atomic E-state index is 12.2. The van der Waals surface area contributed by atoms with Crippen LogP contribution in [0.2, 0.25) is 0 Å². The molecule has 2 rings (SSSR count). The van der Waals surface area contributed by atoms with E-state index in [0.29, 0.717) is 16.7 Å². The second-order valence-electron chi connectivity index (χ2n) is 4.35. The monoisotopic (exact) mass is 278 g/mol. The Hall–Kier alpha value is -1.35. The van der Waals surface area contributed by atoms with Crippen molar-refractivity contribution in [2.45, 2.75) is 30.4 Å². The van der Waals surface area contributed by atoms with Crippen molar-refractivity contribution in [3.8, 4) is 11.1 Å². The van der Waals surface area contributed by atoms with Gasteiger partial charge in [0.25, 0.3) is 5.76 Å². The molecule has 0 nitrogen and oxygen atoms in total. The van der Waals surface area contributed by atoms with Crippen LogP contribution in [-0.4, -0.2) is 5.76 Å². The van der Waals surface area contributed by atoms with E-state index in [1.807, 2.05) is 12.1 Å². The SMILES string of the molecule is CCCc1ccc(-c2ccc(SC(F)F)cc2)cc1. The first-order chi connectivity index (χ1) is 9.19. The van der Waals surface area contributed by atoms with Crippen LogP contribution in [-0.2, 0) is 6.42 Å². The van der Waals surface area contributed by atoms with Crippen LogP contribution in [0.3, 0.4) is 0 Å². The van der Waals surface area contributed by atoms with E-state index in [-0.39, 0.29) is 0 Å². The quantitative estimate of drug-likeness (QED) is 0.639. The first-order valence-corrected chi connectivity index (χ1v) is 7.21. The van der Waals surface area contributed by atoms with Gasteiger partial charge in [0.1, 0.15) is 0 Å². The van der Waals surface area contributed by atoms with Crippen molar-refractivity contribution in [3.63, 3.8) is 0 Å². The number of halogens is 2. The molecule has 0 heterocycles. The molecule has 0 aromatic heterocycles. The molecule has 0 aliphatic rings. The van der Waals surface area contributed by atoms with Gasteiger partial charge in [-0.05, 0) is 35.2 Å². The van der Waals surface area contributed by atoms with E-state index in [9.17, 15) is 8.78 Å². The zero-order chi connectivity index (χ0) is 13.7. The Balaban J connectivity index is 2.13. The second kappa shape index (κ2) is 6.71. The first kappa shape index (κ1) is 14.1. The summed E-state index contributed by atoms with van der Waals surface area (Å²) < 4.78 is 24.4. The Bertz CT molecular complexity index is 503. The maximum Gasteiger partial charge on any atom is 0.288 e. The summed E-state index contributed by atoms with van der Waals surface area (Å²) in [5, 5.41) is 0. The molecule has 0 saturated carbocycles. The lowest BCUT2D eigenvalue weighted by Crippen LogP contribution is -1.84. The molecule has 0 unspecified atom stereocenters. The van der Waals surface area contributed by atoms with Crippen molar-refractivity contribution in [2.24, 2.45) is 0 Å². The number of hydrogen-bond donors (Lipinski definition) is 0. The Morgan fingerprint density at radius 3 is 1.89 bits per heavy atom. The lowest BCUT2D eigenvalue weighted by Gasteiger charge is -2.05. The van der Waals surface area contributed by atoms with Gasteiger partial charge in [0.05, 0.1) is 0 Å². The molecule has 0 aliphatic carbocycles. The normalized spacial score (nSPS) is 10.9. The van der Waals surface area contributed by atoms with Gasteiger partial charge in [0.2, 0.25) is 0 Å². The van der Waals surface area contributed by atoms with Crippen LogP contribution in [0.15, 0.2) is 53.4 Å². The van der Waals surface area contributed by atoms with E-state index in [1.54, 1.807) is 12.1 Å². The Morgan fingerprint density at radius 2 is 1.42 bits per heavy atom. The van der Waals surface area contributed by atoms with E-state index in [1.165, 1.54) is 5.56 Å². The number of hydrogen-bond acceptors (Lipinski definition) is 1. The number of aryl methyl sites for hydroxylation is 1. The molecule has 0 amide bonds. The zero-order valence-corrected chi connectivity index (χ0v) is 11.6. The largest absolute Gasteiger partial charge is 0.288 e. The summed E-state index contributed by atoms with van der Waals surface area (Å²) in [6.07, 6.45) is 2.23. The standard InChI is InChI=1S/C16H16F2S/c1-2-3-12-4-6-13(7-5-12)14-8-10-15(11-9-14)19-16(17)18/h4-11,16H,2-3H2,1H3. The molecule has 3 heteroatoms. The molecular weight excluding hydrogens is 262 g/mol. The van der Waals surface area contributed by atoms with Crippen molar-refractivity contribution in [2.75, 3.05) is 0 Å². The van der Waals surface area contributed by atoms with E-state index < -0.39 is 5.76 Å². The summed E-state index contributed by atoms with van der Waals surface area (Å²) in [6, 6.07) is 15.7. The minimum atomic E-state index is -2.36. The van der Waals surface area contributed by atoms with Gasteiger partial charge >= 0.3 is 0 Å². The molecule has 0 bridgehead atoms. The summed E-state index contributed by atoms with van der Waals surface area (Å²) in [4.78, 5) is 0.598. The third-order valence-corrected chi connectivity index (χ3v) is 3.63. The number of benzene rings is 2. The van der Waals surface area contributed by atoms with E-state index >= 15 is 0 Å². The number of alkyl halides is 2. The highest BCUT2D eigenvalue weighted by molar-refractivity contribution is 7.99. The van der Waals surface area contributed by atoms with Gasteiger partial charge in [-0.15, -0.1) is 0 Å². The number of thioether (sulfide) groups is 1. The van der Waals surface area contributed by atoms with Crippen molar-refractivity contribution >= 4 is 11.8 Å². The van der Waals surface area contributed by atoms with Crippen LogP contribution in [0, 0.1) is 0 Å². The van der Waals surface area contributed by atoms with Crippen LogP contribution < -0.4 is 0 Å². The molecule has 0 spiro atoms. The average Bonchev–Trinajstić information content (AvgIpc) is 2.40. The molecule has 2 aromatic rings. The Labute approximate surface area is 116 Å². The van der Waals surface area contributed by atoms with Crippen LogP contribution in [0.1, 0.15) is 18.9 Å². The van der Waals surface area contributed by atoms with Gasteiger partial charge in [0.15, 0.2) is 0 Å². The highest BCUT2D eigenvalue weighted by Crippen LogP contribution is 2.28. The summed E-state index contributed by atoms with van der Waals surface area (Å²) in [6.45, 7) is 2.16. The molecule has 2 aromatic carbocycles. The van der Waals surface area contributed by atoms with E-state index in [0.717, 1.165) is 24.0 Å². The minimum absolute atomic E-state index is 0.578. The number of rotatable bonds is 5. The topological polar surface area (TPSA) is 0 Å². The van der Waals surface area contributed by atoms with E-state index in [2.05, 4.69) is 31.2 Å². The molecule has 100 valence electrons. The Morgan fingerprint density at radius 1 is 0.895 bits per heavy atom. The maximum absolute atomic E-state index is 12.2. The summed E-state index contributed by atoms with van der Waals surface area (Å²) in [5.74, 6) is -2.36. The molecular formula is C16H16F2S. The first-order valence-electron chi connectivity index (χ1n) is 6.33. The van der Waals surface area contributed by atoms with Gasteiger partial charge in [-0.2, -0.15) is 8.78 Å². The lowest BCUT2D eigenvalue weighted by atomic mass is 10.0. The van der Waals surface area contributed by atoms with E-state index in [4.69, 9.17) is 0 Å². The van der Waals surface area contributed by atoms with Crippen LogP contribution >= 0.6 is 11.8 Å². The minimum Gasteiger partial charge on any atom is -0.198 e. The van der Waals surface area contributed by atoms with Gasteiger partial charge in [-0.3, -0.25) is 0 Å². The summed E-state index contributed by atoms with van der Waals surface area (Å²) in [5.41, 5.74) is 3.51. The van der Waals surface area contributed by atoms with Gasteiger partial charge in [0, 0.05) is 4.90 Å². The highest BCUT2D eigenvalue weighted by atomic mass is 32.2. The predicted molar refractivity (Wildman–Crippen MR) is 77.7 cm³/mol. The van der Waals surface area contributed by atoms with Gasteiger partial charge in [-0.25, -0.2) is 0 Å². The van der Waals surface area contributed by atoms with Crippen LogP contribution in [0.5, 0.6) is 0 Å². The fraction of sp³-hybridized carbons (Fsp3) is 0.250. The van der Waals surface area contributed by atoms with Crippen LogP contribution in [0.25, 0.3) is 11.1 Å². The molecule has 0 aliphatic heterocycles. The van der Waals surface area contributed by atoms with Gasteiger partial charge < -0.3 is 0 Å². The average molecular weight is 278 g/mol. The lowest BCUT2D eigenvalue weighted by molar-refractivity contribution is 0.252. The predicted octanol–water partition coefficient (Wildman–Crippen LogP) is 5.62. The molecule has 0 N–H and O–H groups in total. The van der Waals surface area contributed by atoms with Crippen LogP contribution in [0.4, 0.5) is 8.78 Å². The summed E-state index contributed by atoms with van der Waals surface area (Å²) >= 11 is 0.578. The molecule has 19 heavy (non-hydrogen) atoms. The highest BCUT2D eigenvalue weighted by Gasteiger charge is 2.05. The zero-order valence-electron chi connectivity index (χ0n) is 10.8. The second-order valence-corrected chi connectivity index (χ2v) is 5.41. The van der Waals surface area contributed by atoms with Crippen molar-refractivity contribution in [3.05, 3.63) is 54.1 Å². The van der Waals surface area contributed by atoms with Crippen molar-refractivity contribution in [1.82, 2.24) is 0 Å². The van der Waals surface area contributed by atoms with Crippen molar-refractivity contribution in [1.29, 1.82) is 0 Å². The molecule has 0 atom stereocenters. The Kier molecular flexibility index (Phi) is 4.97. The molecule has 0 radical (unpaired) electrons. The third-order valence-electron chi connectivity index (χ3n) is 2.91. The summed E-state index contributed by atoms with van der Waals surface area (Å²) in [7, 11) is 0. The third kappa shape index (κ3) is 4.06. The smallest absolute Gasteiger partial charge is 0.198 e. The van der Waals surface area contributed by atoms with Gasteiger partial charge in [-0.1, -0.05) is 61.5 Å². The molecule has 0 fully saturated rings. The fourth-order valence-electron chi connectivity index (χ4n) is 1.98.